The number of benzene rings is 2. The van der Waals surface area contributed by atoms with Crippen LogP contribution in [-0.4, -0.2) is 42.1 Å². The molecule has 0 unspecified atom stereocenters. The molecule has 0 aliphatic carbocycles. The third-order valence-corrected chi connectivity index (χ3v) is 4.96. The van der Waals surface area contributed by atoms with Crippen LogP contribution in [0.3, 0.4) is 0 Å². The first-order chi connectivity index (χ1) is 14.8. The largest absolute Gasteiger partial charge is 0.326 e. The van der Waals surface area contributed by atoms with Crippen LogP contribution in [0.4, 0.5) is 11.4 Å². The molecular weight excluding hydrogens is 390 g/mol. The van der Waals surface area contributed by atoms with Crippen molar-refractivity contribution in [1.82, 2.24) is 4.90 Å². The van der Waals surface area contributed by atoms with Gasteiger partial charge in [-0.3, -0.25) is 19.3 Å². The van der Waals surface area contributed by atoms with Gasteiger partial charge in [0, 0.05) is 49.5 Å². The number of ketones is 1. The molecule has 1 fully saturated rings. The van der Waals surface area contributed by atoms with E-state index in [0.717, 1.165) is 40.2 Å². The summed E-state index contributed by atoms with van der Waals surface area (Å²) in [6.07, 6.45) is 3.82. The van der Waals surface area contributed by atoms with E-state index in [1.165, 1.54) is 13.8 Å². The zero-order chi connectivity index (χ0) is 22.4. The number of anilines is 2. The number of likely N-dealkylation sites (tertiary alicyclic amines) is 1. The smallest absolute Gasteiger partial charge is 0.221 e. The Kier molecular flexibility index (Phi) is 7.15. The molecule has 31 heavy (non-hydrogen) atoms. The van der Waals surface area contributed by atoms with Gasteiger partial charge < -0.3 is 10.6 Å². The number of Topliss-reactive ketones (excluding diaryl/α,β-unsaturated/α-hetero) is 1. The Labute approximate surface area is 182 Å². The second kappa shape index (κ2) is 10.00. The van der Waals surface area contributed by atoms with Gasteiger partial charge in [0.15, 0.2) is 5.78 Å². The molecule has 3 rings (SSSR count). The third-order valence-electron chi connectivity index (χ3n) is 4.96. The van der Waals surface area contributed by atoms with Crippen LogP contribution in [-0.2, 0) is 14.4 Å². The maximum atomic E-state index is 13.1. The molecule has 6 heteroatoms. The lowest BCUT2D eigenvalue weighted by molar-refractivity contribution is -0.115. The molecular formula is C25H27N3O3. The summed E-state index contributed by atoms with van der Waals surface area (Å²) in [5, 5.41) is 5.48. The Morgan fingerprint density at radius 2 is 1.19 bits per heavy atom. The van der Waals surface area contributed by atoms with Crippen molar-refractivity contribution in [2.75, 3.05) is 30.3 Å². The molecule has 0 aromatic heterocycles. The Morgan fingerprint density at radius 3 is 1.52 bits per heavy atom. The number of piperidine rings is 1. The van der Waals surface area contributed by atoms with E-state index in [0.29, 0.717) is 13.1 Å². The number of carbonyl (C=O) groups is 3. The van der Waals surface area contributed by atoms with Crippen molar-refractivity contribution >= 4 is 41.1 Å². The predicted octanol–water partition coefficient (Wildman–Crippen LogP) is 3.98. The van der Waals surface area contributed by atoms with Crippen LogP contribution in [0.2, 0.25) is 0 Å². The summed E-state index contributed by atoms with van der Waals surface area (Å²) in [5.41, 5.74) is 4.75. The molecule has 1 heterocycles. The second-order valence-electron chi connectivity index (χ2n) is 7.58. The van der Waals surface area contributed by atoms with Crippen LogP contribution in [0, 0.1) is 0 Å². The van der Waals surface area contributed by atoms with Crippen LogP contribution in [0.15, 0.2) is 59.7 Å². The minimum atomic E-state index is -0.118. The van der Waals surface area contributed by atoms with E-state index in [4.69, 9.17) is 0 Å². The van der Waals surface area contributed by atoms with Crippen molar-refractivity contribution < 1.29 is 14.4 Å². The molecule has 2 aromatic rings. The summed E-state index contributed by atoms with van der Waals surface area (Å²) in [4.78, 5) is 37.7. The number of nitrogens with zero attached hydrogens (tertiary/aromatic N) is 1. The van der Waals surface area contributed by atoms with E-state index in [-0.39, 0.29) is 17.6 Å². The quantitative estimate of drug-likeness (QED) is 0.722. The van der Waals surface area contributed by atoms with Gasteiger partial charge in [0.05, 0.1) is 0 Å². The highest BCUT2D eigenvalue weighted by Gasteiger charge is 2.25. The lowest BCUT2D eigenvalue weighted by Gasteiger charge is -2.28. The van der Waals surface area contributed by atoms with Crippen molar-refractivity contribution in [3.05, 3.63) is 70.8 Å². The van der Waals surface area contributed by atoms with Crippen LogP contribution in [0.1, 0.15) is 31.9 Å². The number of hydrogen-bond donors (Lipinski definition) is 2. The molecule has 1 aliphatic rings. The SMILES string of the molecule is CCN1C/C(=C/c2ccc(NC(C)=O)cc2)C(=O)/C(=C/c2ccc(NC(C)=O)cc2)C1. The highest BCUT2D eigenvalue weighted by atomic mass is 16.2. The average Bonchev–Trinajstić information content (AvgIpc) is 2.73. The normalized spacial score (nSPS) is 17.1. The van der Waals surface area contributed by atoms with E-state index < -0.39 is 0 Å². The van der Waals surface area contributed by atoms with Gasteiger partial charge >= 0.3 is 0 Å². The Hall–Kier alpha value is -3.51. The van der Waals surface area contributed by atoms with Gasteiger partial charge in [-0.25, -0.2) is 0 Å². The third kappa shape index (κ3) is 6.23. The summed E-state index contributed by atoms with van der Waals surface area (Å²) in [6, 6.07) is 14.9. The molecule has 0 saturated carbocycles. The maximum absolute atomic E-state index is 13.1. The fraction of sp³-hybridized carbons (Fsp3) is 0.240. The monoisotopic (exact) mass is 417 g/mol. The first-order valence-electron chi connectivity index (χ1n) is 10.3. The Balaban J connectivity index is 1.83. The number of hydrogen-bond acceptors (Lipinski definition) is 4. The van der Waals surface area contributed by atoms with E-state index >= 15 is 0 Å². The Morgan fingerprint density at radius 1 is 0.806 bits per heavy atom. The molecule has 2 N–H and O–H groups in total. The zero-order valence-corrected chi connectivity index (χ0v) is 18.1. The molecule has 2 aromatic carbocycles. The molecule has 2 amide bonds. The molecule has 160 valence electrons. The lowest BCUT2D eigenvalue weighted by atomic mass is 9.94. The first-order valence-corrected chi connectivity index (χ1v) is 10.3. The van der Waals surface area contributed by atoms with E-state index in [1.807, 2.05) is 60.7 Å². The van der Waals surface area contributed by atoms with Crippen molar-refractivity contribution in [3.8, 4) is 0 Å². The van der Waals surface area contributed by atoms with Crippen LogP contribution < -0.4 is 10.6 Å². The molecule has 6 nitrogen and oxygen atoms in total. The molecule has 1 saturated heterocycles. The summed E-state index contributed by atoms with van der Waals surface area (Å²) in [5.74, 6) is -0.194. The van der Waals surface area contributed by atoms with Crippen LogP contribution in [0.5, 0.6) is 0 Å². The van der Waals surface area contributed by atoms with E-state index in [9.17, 15) is 14.4 Å². The summed E-state index contributed by atoms with van der Waals surface area (Å²) in [6.45, 7) is 7.05. The second-order valence-corrected chi connectivity index (χ2v) is 7.58. The predicted molar refractivity (Wildman–Crippen MR) is 125 cm³/mol. The van der Waals surface area contributed by atoms with Gasteiger partial charge in [0.2, 0.25) is 11.8 Å². The zero-order valence-electron chi connectivity index (χ0n) is 18.1. The summed E-state index contributed by atoms with van der Waals surface area (Å²) in [7, 11) is 0. The van der Waals surface area contributed by atoms with Crippen molar-refractivity contribution in [3.63, 3.8) is 0 Å². The topological polar surface area (TPSA) is 78.5 Å². The number of amides is 2. The summed E-state index contributed by atoms with van der Waals surface area (Å²) < 4.78 is 0. The summed E-state index contributed by atoms with van der Waals surface area (Å²) >= 11 is 0. The highest BCUT2D eigenvalue weighted by molar-refractivity contribution is 6.14. The number of rotatable bonds is 5. The van der Waals surface area contributed by atoms with Crippen molar-refractivity contribution in [2.45, 2.75) is 20.8 Å². The molecule has 0 bridgehead atoms. The maximum Gasteiger partial charge on any atom is 0.221 e. The van der Waals surface area contributed by atoms with Gasteiger partial charge in [-0.05, 0) is 54.1 Å². The van der Waals surface area contributed by atoms with Gasteiger partial charge in [0.25, 0.3) is 0 Å². The molecule has 1 aliphatic heterocycles. The fourth-order valence-corrected chi connectivity index (χ4v) is 3.47. The number of likely N-dealkylation sites (N-methyl/N-ethyl adjacent to an activating group) is 1. The Bertz CT molecular complexity index is 953. The number of nitrogens with one attached hydrogen (secondary N) is 2. The van der Waals surface area contributed by atoms with Crippen molar-refractivity contribution in [1.29, 1.82) is 0 Å². The van der Waals surface area contributed by atoms with Gasteiger partial charge in [-0.15, -0.1) is 0 Å². The van der Waals surface area contributed by atoms with Crippen LogP contribution in [0.25, 0.3) is 12.2 Å². The molecule has 0 spiro atoms. The van der Waals surface area contributed by atoms with E-state index in [1.54, 1.807) is 0 Å². The minimum absolute atomic E-state index is 0.0431. The van der Waals surface area contributed by atoms with Crippen molar-refractivity contribution in [2.24, 2.45) is 0 Å². The lowest BCUT2D eigenvalue weighted by Crippen LogP contribution is -2.37. The fourth-order valence-electron chi connectivity index (χ4n) is 3.47. The van der Waals surface area contributed by atoms with E-state index in [2.05, 4.69) is 22.5 Å². The molecule has 0 radical (unpaired) electrons. The molecule has 0 atom stereocenters. The minimum Gasteiger partial charge on any atom is -0.326 e. The standard InChI is InChI=1S/C25H27N3O3/c1-4-28-15-21(13-19-5-9-23(10-6-19)26-17(2)29)25(31)22(16-28)14-20-7-11-24(12-8-20)27-18(3)30/h5-14H,4,15-16H2,1-3H3,(H,26,29)(H,27,30)/b21-13-,22-14+. The van der Waals surface area contributed by atoms with Gasteiger partial charge in [-0.1, -0.05) is 31.2 Å². The highest BCUT2D eigenvalue weighted by Crippen LogP contribution is 2.23. The van der Waals surface area contributed by atoms with Crippen LogP contribution >= 0.6 is 0 Å². The van der Waals surface area contributed by atoms with Gasteiger partial charge in [0.1, 0.15) is 0 Å². The average molecular weight is 418 g/mol. The first kappa shape index (κ1) is 22.2. The number of carbonyl (C=O) groups excluding carboxylic acids is 3. The van der Waals surface area contributed by atoms with Gasteiger partial charge in [-0.2, -0.15) is 0 Å².